The van der Waals surface area contributed by atoms with Crippen LogP contribution in [0, 0.1) is 5.92 Å². The Morgan fingerprint density at radius 3 is 2.52 bits per heavy atom. The Bertz CT molecular complexity index is 517. The van der Waals surface area contributed by atoms with Crippen LogP contribution >= 0.6 is 0 Å². The van der Waals surface area contributed by atoms with Gasteiger partial charge in [-0.25, -0.2) is 0 Å². The standard InChI is InChI=1S/C18H30N2O3/c1-13(2)11-18(3,12-19)20-17(21)9-6-14-10-15(22-4)7-8-16(14)23-5/h7-8,10,13H,6,9,11-12,19H2,1-5H3,(H,20,21). The molecular weight excluding hydrogens is 292 g/mol. The Morgan fingerprint density at radius 1 is 1.30 bits per heavy atom. The fraction of sp³-hybridized carbons (Fsp3) is 0.611. The van der Waals surface area contributed by atoms with Gasteiger partial charge in [-0.15, -0.1) is 0 Å². The molecule has 1 rings (SSSR count). The first-order valence-corrected chi connectivity index (χ1v) is 8.05. The van der Waals surface area contributed by atoms with E-state index in [9.17, 15) is 4.79 Å². The van der Waals surface area contributed by atoms with Gasteiger partial charge < -0.3 is 20.5 Å². The maximum absolute atomic E-state index is 12.3. The van der Waals surface area contributed by atoms with Crippen LogP contribution in [-0.2, 0) is 11.2 Å². The van der Waals surface area contributed by atoms with E-state index in [-0.39, 0.29) is 11.4 Å². The maximum Gasteiger partial charge on any atom is 0.220 e. The lowest BCUT2D eigenvalue weighted by atomic mass is 9.90. The summed E-state index contributed by atoms with van der Waals surface area (Å²) in [6.07, 6.45) is 1.84. The number of carbonyl (C=O) groups is 1. The summed E-state index contributed by atoms with van der Waals surface area (Å²) in [5.74, 6) is 2.00. The molecule has 1 aromatic carbocycles. The number of carbonyl (C=O) groups excluding carboxylic acids is 1. The van der Waals surface area contributed by atoms with Crippen molar-refractivity contribution in [3.05, 3.63) is 23.8 Å². The summed E-state index contributed by atoms with van der Waals surface area (Å²) in [5.41, 5.74) is 6.44. The van der Waals surface area contributed by atoms with E-state index in [1.54, 1.807) is 14.2 Å². The fourth-order valence-corrected chi connectivity index (χ4v) is 2.81. The van der Waals surface area contributed by atoms with Crippen LogP contribution in [0.3, 0.4) is 0 Å². The zero-order valence-electron chi connectivity index (χ0n) is 14.9. The summed E-state index contributed by atoms with van der Waals surface area (Å²) in [6.45, 7) is 6.68. The number of benzene rings is 1. The summed E-state index contributed by atoms with van der Waals surface area (Å²) in [5, 5.41) is 3.07. The van der Waals surface area contributed by atoms with Gasteiger partial charge >= 0.3 is 0 Å². The summed E-state index contributed by atoms with van der Waals surface area (Å²) < 4.78 is 10.6. The number of hydrogen-bond acceptors (Lipinski definition) is 4. The molecule has 0 saturated carbocycles. The number of ether oxygens (including phenoxy) is 2. The third-order valence-electron chi connectivity index (χ3n) is 3.86. The van der Waals surface area contributed by atoms with Crippen molar-refractivity contribution in [1.82, 2.24) is 5.32 Å². The van der Waals surface area contributed by atoms with Crippen molar-refractivity contribution in [2.75, 3.05) is 20.8 Å². The third-order valence-corrected chi connectivity index (χ3v) is 3.86. The quantitative estimate of drug-likeness (QED) is 0.732. The van der Waals surface area contributed by atoms with Gasteiger partial charge in [0.05, 0.1) is 14.2 Å². The van der Waals surface area contributed by atoms with E-state index in [2.05, 4.69) is 19.2 Å². The summed E-state index contributed by atoms with van der Waals surface area (Å²) >= 11 is 0. The van der Waals surface area contributed by atoms with Crippen LogP contribution in [-0.4, -0.2) is 32.2 Å². The van der Waals surface area contributed by atoms with Crippen LogP contribution < -0.4 is 20.5 Å². The molecule has 23 heavy (non-hydrogen) atoms. The molecule has 1 amide bonds. The molecule has 0 aliphatic carbocycles. The normalized spacial score (nSPS) is 13.5. The molecule has 0 aromatic heterocycles. The van der Waals surface area contributed by atoms with E-state index in [4.69, 9.17) is 15.2 Å². The number of hydrogen-bond donors (Lipinski definition) is 2. The van der Waals surface area contributed by atoms with Crippen molar-refractivity contribution in [2.24, 2.45) is 11.7 Å². The van der Waals surface area contributed by atoms with E-state index < -0.39 is 0 Å². The topological polar surface area (TPSA) is 73.6 Å². The minimum Gasteiger partial charge on any atom is -0.497 e. The van der Waals surface area contributed by atoms with Crippen molar-refractivity contribution >= 4 is 5.91 Å². The molecule has 5 nitrogen and oxygen atoms in total. The predicted octanol–water partition coefficient (Wildman–Crippen LogP) is 2.52. The Morgan fingerprint density at radius 2 is 2.00 bits per heavy atom. The van der Waals surface area contributed by atoms with Crippen LogP contribution in [0.4, 0.5) is 0 Å². The van der Waals surface area contributed by atoms with Crippen LogP contribution in [0.5, 0.6) is 11.5 Å². The lowest BCUT2D eigenvalue weighted by molar-refractivity contribution is -0.122. The molecule has 0 radical (unpaired) electrons. The van der Waals surface area contributed by atoms with Crippen molar-refractivity contribution in [1.29, 1.82) is 0 Å². The summed E-state index contributed by atoms with van der Waals surface area (Å²) in [4.78, 5) is 12.3. The van der Waals surface area contributed by atoms with Crippen molar-refractivity contribution in [2.45, 2.75) is 45.6 Å². The monoisotopic (exact) mass is 322 g/mol. The second-order valence-electron chi connectivity index (χ2n) is 6.59. The highest BCUT2D eigenvalue weighted by atomic mass is 16.5. The largest absolute Gasteiger partial charge is 0.497 e. The Hall–Kier alpha value is -1.75. The molecule has 0 heterocycles. The lowest BCUT2D eigenvalue weighted by Crippen LogP contribution is -2.52. The van der Waals surface area contributed by atoms with Gasteiger partial charge in [0, 0.05) is 18.5 Å². The van der Waals surface area contributed by atoms with Gasteiger partial charge in [0.15, 0.2) is 0 Å². The first kappa shape index (κ1) is 19.3. The summed E-state index contributed by atoms with van der Waals surface area (Å²) in [7, 11) is 3.25. The molecule has 1 unspecified atom stereocenters. The summed E-state index contributed by atoms with van der Waals surface area (Å²) in [6, 6.07) is 5.60. The number of aryl methyl sites for hydroxylation is 1. The highest BCUT2D eigenvalue weighted by molar-refractivity contribution is 5.77. The van der Waals surface area contributed by atoms with Crippen LogP contribution in [0.15, 0.2) is 18.2 Å². The second kappa shape index (κ2) is 8.77. The molecule has 3 N–H and O–H groups in total. The van der Waals surface area contributed by atoms with Gasteiger partial charge in [0.25, 0.3) is 0 Å². The second-order valence-corrected chi connectivity index (χ2v) is 6.59. The van der Waals surface area contributed by atoms with E-state index in [1.165, 1.54) is 0 Å². The zero-order valence-corrected chi connectivity index (χ0v) is 14.9. The molecule has 5 heteroatoms. The van der Waals surface area contributed by atoms with Gasteiger partial charge in [0.1, 0.15) is 11.5 Å². The number of rotatable bonds is 9. The van der Waals surface area contributed by atoms with Gasteiger partial charge in [-0.05, 0) is 49.4 Å². The van der Waals surface area contributed by atoms with Crippen molar-refractivity contribution in [3.63, 3.8) is 0 Å². The molecule has 0 bridgehead atoms. The predicted molar refractivity (Wildman–Crippen MR) is 92.9 cm³/mol. The van der Waals surface area contributed by atoms with Gasteiger partial charge in [-0.3, -0.25) is 4.79 Å². The molecule has 0 spiro atoms. The number of amides is 1. The Kier molecular flexibility index (Phi) is 7.36. The van der Waals surface area contributed by atoms with E-state index in [0.29, 0.717) is 25.3 Å². The van der Waals surface area contributed by atoms with Crippen LogP contribution in [0.2, 0.25) is 0 Å². The number of nitrogens with one attached hydrogen (secondary N) is 1. The third kappa shape index (κ3) is 6.10. The first-order chi connectivity index (χ1) is 10.8. The number of methoxy groups -OCH3 is 2. The van der Waals surface area contributed by atoms with E-state index in [1.807, 2.05) is 25.1 Å². The van der Waals surface area contributed by atoms with E-state index >= 15 is 0 Å². The van der Waals surface area contributed by atoms with Gasteiger partial charge in [-0.1, -0.05) is 13.8 Å². The lowest BCUT2D eigenvalue weighted by Gasteiger charge is -2.31. The van der Waals surface area contributed by atoms with Gasteiger partial charge in [-0.2, -0.15) is 0 Å². The minimum atomic E-state index is -0.357. The highest BCUT2D eigenvalue weighted by Gasteiger charge is 2.25. The van der Waals surface area contributed by atoms with Crippen LogP contribution in [0.25, 0.3) is 0 Å². The fourth-order valence-electron chi connectivity index (χ4n) is 2.81. The molecule has 130 valence electrons. The van der Waals surface area contributed by atoms with Crippen molar-refractivity contribution in [3.8, 4) is 11.5 Å². The molecule has 0 aliphatic rings. The SMILES string of the molecule is COc1ccc(OC)c(CCC(=O)NC(C)(CN)CC(C)C)c1. The van der Waals surface area contributed by atoms with Gasteiger partial charge in [0.2, 0.25) is 5.91 Å². The number of nitrogens with two attached hydrogens (primary N) is 1. The average Bonchev–Trinajstić information content (AvgIpc) is 2.51. The first-order valence-electron chi connectivity index (χ1n) is 8.05. The Balaban J connectivity index is 2.68. The zero-order chi connectivity index (χ0) is 17.5. The molecule has 1 aromatic rings. The highest BCUT2D eigenvalue weighted by Crippen LogP contribution is 2.25. The van der Waals surface area contributed by atoms with Crippen LogP contribution in [0.1, 0.15) is 39.2 Å². The smallest absolute Gasteiger partial charge is 0.220 e. The van der Waals surface area contributed by atoms with E-state index in [0.717, 1.165) is 23.5 Å². The average molecular weight is 322 g/mol. The molecule has 0 saturated heterocycles. The molecular formula is C18H30N2O3. The van der Waals surface area contributed by atoms with Crippen molar-refractivity contribution < 1.29 is 14.3 Å². The minimum absolute atomic E-state index is 0.00322. The molecule has 0 fully saturated rings. The molecule has 1 atom stereocenters. The Labute approximate surface area is 139 Å². The maximum atomic E-state index is 12.3. The molecule has 0 aliphatic heterocycles.